The van der Waals surface area contributed by atoms with Crippen molar-refractivity contribution in [3.05, 3.63) is 18.6 Å². The van der Waals surface area contributed by atoms with Crippen LogP contribution in [0.15, 0.2) is 11.6 Å². The molecule has 2 heteroatoms. The van der Waals surface area contributed by atoms with Crippen LogP contribution < -0.4 is 0 Å². The first kappa shape index (κ1) is 10.2. The molecule has 0 saturated carbocycles. The van der Waals surface area contributed by atoms with Crippen LogP contribution in [0.3, 0.4) is 0 Å². The van der Waals surface area contributed by atoms with Gasteiger partial charge in [-0.2, -0.15) is 0 Å². The maximum Gasteiger partial charge on any atom is 0.333 e. The number of ether oxygens (including phenoxy) is 1. The molecule has 0 rings (SSSR count). The zero-order chi connectivity index (χ0) is 8.85. The summed E-state index contributed by atoms with van der Waals surface area (Å²) in [5, 5.41) is 0. The molecule has 0 saturated heterocycles. The molecule has 0 aliphatic heterocycles. The summed E-state index contributed by atoms with van der Waals surface area (Å²) in [6.45, 7) is 9.73. The highest BCUT2D eigenvalue weighted by Gasteiger charge is 2.04. The third-order valence-corrected chi connectivity index (χ3v) is 1.16. The van der Waals surface area contributed by atoms with Crippen molar-refractivity contribution in [3.63, 3.8) is 0 Å². The monoisotopic (exact) mass is 155 g/mol. The Hall–Kier alpha value is -0.790. The van der Waals surface area contributed by atoms with E-state index >= 15 is 0 Å². The van der Waals surface area contributed by atoms with Crippen molar-refractivity contribution in [1.29, 1.82) is 0 Å². The van der Waals surface area contributed by atoms with E-state index in [1.807, 2.05) is 13.8 Å². The lowest BCUT2D eigenvalue weighted by molar-refractivity contribution is -0.139. The Morgan fingerprint density at radius 2 is 2.18 bits per heavy atom. The summed E-state index contributed by atoms with van der Waals surface area (Å²) >= 11 is 0. The first-order chi connectivity index (χ1) is 5.07. The average molecular weight is 155 g/mol. The van der Waals surface area contributed by atoms with Crippen LogP contribution in [0.2, 0.25) is 0 Å². The molecule has 0 unspecified atom stereocenters. The Bertz CT molecular complexity index is 157. The Kier molecular flexibility index (Phi) is 4.59. The Balaban J connectivity index is 3.71. The van der Waals surface area contributed by atoms with Gasteiger partial charge in [0, 0.05) is 5.57 Å². The van der Waals surface area contributed by atoms with Crippen molar-refractivity contribution < 1.29 is 9.53 Å². The molecule has 0 aliphatic rings. The maximum atomic E-state index is 10.9. The highest BCUT2D eigenvalue weighted by molar-refractivity contribution is 5.89. The lowest BCUT2D eigenvalue weighted by atomic mass is 10.2. The molecule has 0 aromatic carbocycles. The fourth-order valence-electron chi connectivity index (χ4n) is 0.453. The highest BCUT2D eigenvalue weighted by atomic mass is 16.5. The van der Waals surface area contributed by atoms with E-state index in [0.717, 1.165) is 0 Å². The van der Waals surface area contributed by atoms with Gasteiger partial charge >= 0.3 is 5.97 Å². The molecule has 0 amide bonds. The predicted molar refractivity (Wildman–Crippen MR) is 44.9 cm³/mol. The molecule has 0 atom stereocenters. The maximum absolute atomic E-state index is 10.9. The zero-order valence-corrected chi connectivity index (χ0v) is 7.39. The molecule has 0 heterocycles. The van der Waals surface area contributed by atoms with Crippen LogP contribution in [0, 0.1) is 12.8 Å². The molecule has 0 fully saturated rings. The molecular weight excluding hydrogens is 140 g/mol. The minimum absolute atomic E-state index is 0.318. The van der Waals surface area contributed by atoms with Crippen LogP contribution in [0.4, 0.5) is 0 Å². The van der Waals surface area contributed by atoms with Gasteiger partial charge in [-0.3, -0.25) is 0 Å². The molecule has 1 radical (unpaired) electrons. The van der Waals surface area contributed by atoms with E-state index in [2.05, 4.69) is 6.92 Å². The number of esters is 1. The van der Waals surface area contributed by atoms with Crippen molar-refractivity contribution in [3.8, 4) is 0 Å². The van der Waals surface area contributed by atoms with Gasteiger partial charge in [0.15, 0.2) is 0 Å². The second-order valence-electron chi connectivity index (χ2n) is 2.81. The molecule has 0 N–H and O–H groups in total. The van der Waals surface area contributed by atoms with Gasteiger partial charge in [-0.1, -0.05) is 19.9 Å². The largest absolute Gasteiger partial charge is 0.462 e. The molecule has 0 aliphatic carbocycles. The molecule has 63 valence electrons. The van der Waals surface area contributed by atoms with Gasteiger partial charge in [0.25, 0.3) is 0 Å². The van der Waals surface area contributed by atoms with Gasteiger partial charge in [-0.15, -0.1) is 0 Å². The fraction of sp³-hybridized carbons (Fsp3) is 0.556. The van der Waals surface area contributed by atoms with Crippen LogP contribution in [0.1, 0.15) is 20.8 Å². The lowest BCUT2D eigenvalue weighted by Gasteiger charge is -2.06. The van der Waals surface area contributed by atoms with Gasteiger partial charge in [-0.25, -0.2) is 4.79 Å². The molecule has 0 bridgehead atoms. The Morgan fingerprint density at radius 1 is 1.64 bits per heavy atom. The Labute approximate surface area is 68.2 Å². The number of carbonyl (C=O) groups is 1. The zero-order valence-electron chi connectivity index (χ0n) is 7.39. The van der Waals surface area contributed by atoms with Gasteiger partial charge in [-0.05, 0) is 19.8 Å². The minimum Gasteiger partial charge on any atom is -0.462 e. The third-order valence-electron chi connectivity index (χ3n) is 1.16. The topological polar surface area (TPSA) is 26.3 Å². The molecule has 0 aromatic heterocycles. The second kappa shape index (κ2) is 4.94. The summed E-state index contributed by atoms with van der Waals surface area (Å²) in [5.41, 5.74) is 0.422. The van der Waals surface area contributed by atoms with E-state index < -0.39 is 0 Å². The van der Waals surface area contributed by atoms with Crippen molar-refractivity contribution in [1.82, 2.24) is 0 Å². The molecule has 0 aromatic rings. The number of hydrogen-bond acceptors (Lipinski definition) is 2. The highest BCUT2D eigenvalue weighted by Crippen LogP contribution is 1.98. The number of rotatable bonds is 3. The molecular formula is C9H15O2. The van der Waals surface area contributed by atoms with Crippen molar-refractivity contribution in [2.45, 2.75) is 20.8 Å². The number of carbonyl (C=O) groups excluding carboxylic acids is 1. The summed E-state index contributed by atoms with van der Waals surface area (Å²) in [5.74, 6) is 0.0600. The van der Waals surface area contributed by atoms with Gasteiger partial charge in [0.05, 0.1) is 6.61 Å². The average Bonchev–Trinajstić information content (AvgIpc) is 1.98. The van der Waals surface area contributed by atoms with Crippen LogP contribution >= 0.6 is 0 Å². The molecule has 2 nitrogen and oxygen atoms in total. The van der Waals surface area contributed by atoms with Crippen LogP contribution in [0.5, 0.6) is 0 Å². The molecule has 0 spiro atoms. The SMILES string of the molecule is [CH2]/C(=C/C)C(=O)OCC(C)C. The number of allylic oxidation sites excluding steroid dienone is 1. The fourth-order valence-corrected chi connectivity index (χ4v) is 0.453. The predicted octanol–water partition coefficient (Wildman–Crippen LogP) is 1.97. The third kappa shape index (κ3) is 4.59. The Morgan fingerprint density at radius 3 is 2.55 bits per heavy atom. The summed E-state index contributed by atoms with van der Waals surface area (Å²) in [4.78, 5) is 10.9. The van der Waals surface area contributed by atoms with E-state index in [1.165, 1.54) is 0 Å². The normalized spacial score (nSPS) is 11.9. The lowest BCUT2D eigenvalue weighted by Crippen LogP contribution is -2.10. The van der Waals surface area contributed by atoms with Gasteiger partial charge in [0.1, 0.15) is 0 Å². The quantitative estimate of drug-likeness (QED) is 0.460. The van der Waals surface area contributed by atoms with E-state index in [1.54, 1.807) is 13.0 Å². The summed E-state index contributed by atoms with van der Waals surface area (Å²) in [6, 6.07) is 0. The minimum atomic E-state index is -0.318. The summed E-state index contributed by atoms with van der Waals surface area (Å²) < 4.78 is 4.89. The van der Waals surface area contributed by atoms with Gasteiger partial charge < -0.3 is 4.74 Å². The smallest absolute Gasteiger partial charge is 0.333 e. The van der Waals surface area contributed by atoms with E-state index in [-0.39, 0.29) is 5.97 Å². The van der Waals surface area contributed by atoms with Crippen molar-refractivity contribution in [2.75, 3.05) is 6.61 Å². The van der Waals surface area contributed by atoms with E-state index in [4.69, 9.17) is 4.74 Å². The summed E-state index contributed by atoms with van der Waals surface area (Å²) in [6.07, 6.45) is 1.64. The summed E-state index contributed by atoms with van der Waals surface area (Å²) in [7, 11) is 0. The van der Waals surface area contributed by atoms with Gasteiger partial charge in [0.2, 0.25) is 0 Å². The van der Waals surface area contributed by atoms with Crippen LogP contribution in [-0.4, -0.2) is 12.6 Å². The molecule has 11 heavy (non-hydrogen) atoms. The van der Waals surface area contributed by atoms with E-state index in [0.29, 0.717) is 18.1 Å². The van der Waals surface area contributed by atoms with Crippen molar-refractivity contribution >= 4 is 5.97 Å². The van der Waals surface area contributed by atoms with Crippen molar-refractivity contribution in [2.24, 2.45) is 5.92 Å². The first-order valence-electron chi connectivity index (χ1n) is 3.73. The standard InChI is InChI=1S/C9H15O2/c1-5-8(4)9(10)11-6-7(2)3/h5,7H,4,6H2,1-3H3/b8-5-. The second-order valence-corrected chi connectivity index (χ2v) is 2.81. The van der Waals surface area contributed by atoms with Crippen LogP contribution in [-0.2, 0) is 9.53 Å². The van der Waals surface area contributed by atoms with E-state index in [9.17, 15) is 4.79 Å². The van der Waals surface area contributed by atoms with Crippen LogP contribution in [0.25, 0.3) is 0 Å². The number of hydrogen-bond donors (Lipinski definition) is 0. The first-order valence-corrected chi connectivity index (χ1v) is 3.73.